The van der Waals surface area contributed by atoms with Crippen LogP contribution in [0.2, 0.25) is 5.02 Å². The summed E-state index contributed by atoms with van der Waals surface area (Å²) in [7, 11) is 2.16. The van der Waals surface area contributed by atoms with Gasteiger partial charge in [-0.3, -0.25) is 0 Å². The molecular weight excluding hydrogens is 310 g/mol. The van der Waals surface area contributed by atoms with E-state index in [9.17, 15) is 5.11 Å². The maximum Gasteiger partial charge on any atom is 0.0575 e. The summed E-state index contributed by atoms with van der Waals surface area (Å²) in [6.07, 6.45) is 0.525. The topological polar surface area (TPSA) is 38.7 Å². The molecule has 130 valence electrons. The minimum atomic E-state index is -0.245. The molecule has 2 rings (SSSR count). The zero-order chi connectivity index (χ0) is 16.8. The zero-order valence-corrected chi connectivity index (χ0v) is 15.3. The maximum absolute atomic E-state index is 9.88. The Bertz CT molecular complexity index is 487. The first kappa shape index (κ1) is 18.5. The number of nitrogens with zero attached hydrogens (tertiary/aromatic N) is 2. The molecule has 1 saturated heterocycles. The largest absolute Gasteiger partial charge is 0.393 e. The Balaban J connectivity index is 1.95. The normalized spacial score (nSPS) is 17.7. The third-order valence-corrected chi connectivity index (χ3v) is 4.98. The molecule has 2 N–H and O–H groups in total. The van der Waals surface area contributed by atoms with Crippen molar-refractivity contribution in [3.8, 4) is 0 Å². The molecular formula is C18H30ClN3O. The van der Waals surface area contributed by atoms with Gasteiger partial charge >= 0.3 is 0 Å². The monoisotopic (exact) mass is 339 g/mol. The van der Waals surface area contributed by atoms with Crippen molar-refractivity contribution < 1.29 is 5.11 Å². The van der Waals surface area contributed by atoms with E-state index in [1.165, 1.54) is 5.69 Å². The summed E-state index contributed by atoms with van der Waals surface area (Å²) in [6.45, 7) is 9.87. The average Bonchev–Trinajstić information content (AvgIpc) is 2.53. The highest BCUT2D eigenvalue weighted by atomic mass is 35.5. The minimum absolute atomic E-state index is 0.245. The highest BCUT2D eigenvalue weighted by Crippen LogP contribution is 2.28. The summed E-state index contributed by atoms with van der Waals surface area (Å²) in [5.74, 6) is 0.304. The van der Waals surface area contributed by atoms with Crippen molar-refractivity contribution in [2.45, 2.75) is 32.9 Å². The lowest BCUT2D eigenvalue weighted by Crippen LogP contribution is -2.45. The van der Waals surface area contributed by atoms with Crippen LogP contribution in [-0.4, -0.2) is 55.9 Å². The van der Waals surface area contributed by atoms with Gasteiger partial charge in [0.05, 0.1) is 6.10 Å². The number of likely N-dealkylation sites (N-methyl/N-ethyl adjacent to an activating group) is 1. The number of aliphatic hydroxyl groups excluding tert-OH is 1. The quantitative estimate of drug-likeness (QED) is 0.749. The lowest BCUT2D eigenvalue weighted by atomic mass is 10.0. The number of piperazine rings is 1. The molecule has 0 spiro atoms. The Hall–Kier alpha value is -0.810. The highest BCUT2D eigenvalue weighted by molar-refractivity contribution is 6.31. The van der Waals surface area contributed by atoms with Crippen LogP contribution in [0.1, 0.15) is 25.8 Å². The van der Waals surface area contributed by atoms with Crippen molar-refractivity contribution in [3.63, 3.8) is 0 Å². The maximum atomic E-state index is 9.88. The van der Waals surface area contributed by atoms with Crippen LogP contribution in [0, 0.1) is 5.92 Å². The van der Waals surface area contributed by atoms with Crippen molar-refractivity contribution in [1.82, 2.24) is 10.2 Å². The van der Waals surface area contributed by atoms with Gasteiger partial charge in [0.2, 0.25) is 0 Å². The summed E-state index contributed by atoms with van der Waals surface area (Å²) in [6, 6.07) is 6.15. The van der Waals surface area contributed by atoms with Gasteiger partial charge in [-0.25, -0.2) is 0 Å². The van der Waals surface area contributed by atoms with Crippen LogP contribution >= 0.6 is 11.6 Å². The van der Waals surface area contributed by atoms with E-state index in [0.717, 1.165) is 56.3 Å². The third kappa shape index (κ3) is 5.35. The van der Waals surface area contributed by atoms with Gasteiger partial charge in [-0.1, -0.05) is 31.5 Å². The second-order valence-electron chi connectivity index (χ2n) is 6.80. The molecule has 0 amide bonds. The molecule has 1 unspecified atom stereocenters. The van der Waals surface area contributed by atoms with E-state index in [0.29, 0.717) is 5.92 Å². The van der Waals surface area contributed by atoms with Gasteiger partial charge in [0.1, 0.15) is 0 Å². The second kappa shape index (κ2) is 8.88. The smallest absolute Gasteiger partial charge is 0.0575 e. The number of halogens is 1. The first-order chi connectivity index (χ1) is 11.0. The van der Waals surface area contributed by atoms with Crippen LogP contribution in [0.4, 0.5) is 5.69 Å². The molecule has 1 aliphatic rings. The van der Waals surface area contributed by atoms with Gasteiger partial charge in [0, 0.05) is 49.0 Å². The van der Waals surface area contributed by atoms with Crippen molar-refractivity contribution >= 4 is 17.3 Å². The van der Waals surface area contributed by atoms with Gasteiger partial charge in [0.25, 0.3) is 0 Å². The molecule has 1 heterocycles. The highest BCUT2D eigenvalue weighted by Gasteiger charge is 2.18. The van der Waals surface area contributed by atoms with Gasteiger partial charge in [0.15, 0.2) is 0 Å². The lowest BCUT2D eigenvalue weighted by molar-refractivity contribution is 0.116. The fourth-order valence-electron chi connectivity index (χ4n) is 2.86. The predicted octanol–water partition coefficient (Wildman–Crippen LogP) is 2.59. The number of rotatable bonds is 7. The van der Waals surface area contributed by atoms with Crippen LogP contribution in [-0.2, 0) is 6.54 Å². The molecule has 1 aromatic carbocycles. The third-order valence-electron chi connectivity index (χ3n) is 4.63. The standard InChI is InChI=1S/C18H30ClN3O/c1-14(2)18(23)7-8-20-13-15-16(19)5-4-6-17(15)22-11-9-21(3)10-12-22/h4-6,14,18,20,23H,7-13H2,1-3H3. The molecule has 23 heavy (non-hydrogen) atoms. The number of hydrogen-bond acceptors (Lipinski definition) is 4. The number of hydrogen-bond donors (Lipinski definition) is 2. The molecule has 1 fully saturated rings. The molecule has 4 nitrogen and oxygen atoms in total. The summed E-state index contributed by atoms with van der Waals surface area (Å²) in [5, 5.41) is 14.1. The van der Waals surface area contributed by atoms with E-state index in [1.807, 2.05) is 26.0 Å². The summed E-state index contributed by atoms with van der Waals surface area (Å²) < 4.78 is 0. The fourth-order valence-corrected chi connectivity index (χ4v) is 3.10. The van der Waals surface area contributed by atoms with Crippen LogP contribution in [0.15, 0.2) is 18.2 Å². The molecule has 5 heteroatoms. The predicted molar refractivity (Wildman–Crippen MR) is 98.3 cm³/mol. The Labute approximate surface area is 145 Å². The minimum Gasteiger partial charge on any atom is -0.393 e. The Morgan fingerprint density at radius 1 is 1.22 bits per heavy atom. The van der Waals surface area contributed by atoms with Crippen LogP contribution < -0.4 is 10.2 Å². The van der Waals surface area contributed by atoms with E-state index in [2.05, 4.69) is 28.2 Å². The first-order valence-electron chi connectivity index (χ1n) is 8.58. The number of benzene rings is 1. The van der Waals surface area contributed by atoms with Crippen LogP contribution in [0.5, 0.6) is 0 Å². The Kier molecular flexibility index (Phi) is 7.15. The number of aliphatic hydroxyl groups is 1. The van der Waals surface area contributed by atoms with Crippen LogP contribution in [0.25, 0.3) is 0 Å². The van der Waals surface area contributed by atoms with Gasteiger partial charge in [-0.05, 0) is 38.1 Å². The average molecular weight is 340 g/mol. The SMILES string of the molecule is CC(C)C(O)CCNCc1c(Cl)cccc1N1CCN(C)CC1. The second-order valence-corrected chi connectivity index (χ2v) is 7.21. The molecule has 0 bridgehead atoms. The van der Waals surface area contributed by atoms with Gasteiger partial charge in [-0.2, -0.15) is 0 Å². The molecule has 0 radical (unpaired) electrons. The molecule has 0 saturated carbocycles. The van der Waals surface area contributed by atoms with Crippen molar-refractivity contribution in [3.05, 3.63) is 28.8 Å². The van der Waals surface area contributed by atoms with E-state index >= 15 is 0 Å². The Morgan fingerprint density at radius 2 is 1.91 bits per heavy atom. The number of nitrogens with one attached hydrogen (secondary N) is 1. The zero-order valence-electron chi connectivity index (χ0n) is 14.6. The summed E-state index contributed by atoms with van der Waals surface area (Å²) in [4.78, 5) is 4.78. The Morgan fingerprint density at radius 3 is 2.57 bits per heavy atom. The van der Waals surface area contributed by atoms with Crippen molar-refractivity contribution in [2.24, 2.45) is 5.92 Å². The van der Waals surface area contributed by atoms with E-state index in [4.69, 9.17) is 11.6 Å². The fraction of sp³-hybridized carbons (Fsp3) is 0.667. The van der Waals surface area contributed by atoms with Crippen molar-refractivity contribution in [2.75, 3.05) is 44.7 Å². The van der Waals surface area contributed by atoms with E-state index in [1.54, 1.807) is 0 Å². The van der Waals surface area contributed by atoms with E-state index in [-0.39, 0.29) is 6.10 Å². The van der Waals surface area contributed by atoms with E-state index < -0.39 is 0 Å². The summed E-state index contributed by atoms with van der Waals surface area (Å²) in [5.41, 5.74) is 2.40. The molecule has 0 aliphatic carbocycles. The van der Waals surface area contributed by atoms with Gasteiger partial charge in [-0.15, -0.1) is 0 Å². The molecule has 1 atom stereocenters. The van der Waals surface area contributed by atoms with Crippen molar-refractivity contribution in [1.29, 1.82) is 0 Å². The lowest BCUT2D eigenvalue weighted by Gasteiger charge is -2.35. The van der Waals surface area contributed by atoms with Gasteiger partial charge < -0.3 is 20.2 Å². The molecule has 1 aliphatic heterocycles. The van der Waals surface area contributed by atoms with Crippen LogP contribution in [0.3, 0.4) is 0 Å². The first-order valence-corrected chi connectivity index (χ1v) is 8.96. The molecule has 1 aromatic rings. The number of anilines is 1. The summed E-state index contributed by atoms with van der Waals surface area (Å²) >= 11 is 6.44. The molecule has 0 aromatic heterocycles.